The molecule has 1 aromatic rings. The van der Waals surface area contributed by atoms with E-state index in [1.165, 1.54) is 35.9 Å². The first-order valence-corrected chi connectivity index (χ1v) is 12.7. The van der Waals surface area contributed by atoms with Crippen LogP contribution in [0.2, 0.25) is 0 Å². The Kier molecular flexibility index (Phi) is 6.37. The van der Waals surface area contributed by atoms with Crippen LogP contribution in [-0.2, 0) is 19.9 Å². The van der Waals surface area contributed by atoms with Crippen molar-refractivity contribution in [2.75, 3.05) is 0 Å². The van der Waals surface area contributed by atoms with E-state index in [2.05, 4.69) is 0 Å². The van der Waals surface area contributed by atoms with Gasteiger partial charge in [-0.25, -0.2) is 30.3 Å². The maximum atomic E-state index is 14.7. The maximum absolute atomic E-state index is 14.7. The minimum Gasteiger partial charge on any atom is -0.223 e. The van der Waals surface area contributed by atoms with Gasteiger partial charge in [0.15, 0.2) is 9.84 Å². The van der Waals surface area contributed by atoms with E-state index in [0.717, 1.165) is 11.6 Å². The van der Waals surface area contributed by atoms with Crippen LogP contribution in [0.4, 0.5) is 22.0 Å². The smallest absolute Gasteiger partial charge is 0.223 e. The Bertz CT molecular complexity index is 1160. The summed E-state index contributed by atoms with van der Waals surface area (Å²) in [5.41, 5.74) is -4.98. The predicted octanol–water partition coefficient (Wildman–Crippen LogP) is 4.62. The second-order valence-electron chi connectivity index (χ2n) is 8.42. The van der Waals surface area contributed by atoms with E-state index in [4.69, 9.17) is 0 Å². The van der Waals surface area contributed by atoms with E-state index < -0.39 is 73.0 Å². The second-order valence-corrected chi connectivity index (χ2v) is 12.5. The van der Waals surface area contributed by atoms with Crippen molar-refractivity contribution in [3.63, 3.8) is 0 Å². The van der Waals surface area contributed by atoms with Crippen LogP contribution in [-0.4, -0.2) is 33.1 Å². The van der Waals surface area contributed by atoms with Crippen LogP contribution < -0.4 is 4.72 Å². The number of sulfone groups is 1. The van der Waals surface area contributed by atoms with Gasteiger partial charge < -0.3 is 0 Å². The van der Waals surface area contributed by atoms with Gasteiger partial charge in [-0.2, -0.15) is 13.2 Å². The van der Waals surface area contributed by atoms with E-state index in [1.54, 1.807) is 6.92 Å². The van der Waals surface area contributed by atoms with Crippen molar-refractivity contribution >= 4 is 19.9 Å². The van der Waals surface area contributed by atoms with Crippen molar-refractivity contribution in [1.82, 2.24) is 4.72 Å². The third-order valence-corrected chi connectivity index (χ3v) is 9.61. The number of halogens is 5. The lowest BCUT2D eigenvalue weighted by Crippen LogP contribution is -2.60. The molecule has 0 aromatic heterocycles. The van der Waals surface area contributed by atoms with E-state index >= 15 is 0 Å². The zero-order chi connectivity index (χ0) is 24.1. The number of rotatable bonds is 6. The summed E-state index contributed by atoms with van der Waals surface area (Å²) in [7, 11) is -9.92. The molecular formula is C20H22F5NO4S2. The standard InChI is InChI=1S/C20H22F5NO4S2/c1-12-3-5-17(6-4-12)31(27,28)19(9-14-8-15(21)7-13(2)18(14)22)10-16(11-19)26-32(29,30)20(23,24)25/h3-6,8,13,16,26H,7,9-11H2,1-2H3. The van der Waals surface area contributed by atoms with E-state index in [-0.39, 0.29) is 16.9 Å². The first-order chi connectivity index (χ1) is 14.6. The average molecular weight is 500 g/mol. The van der Waals surface area contributed by atoms with Crippen LogP contribution >= 0.6 is 0 Å². The minimum absolute atomic E-state index is 0.130. The Balaban J connectivity index is 1.99. The molecule has 1 unspecified atom stereocenters. The highest BCUT2D eigenvalue weighted by molar-refractivity contribution is 7.93. The van der Waals surface area contributed by atoms with Crippen molar-refractivity contribution in [3.8, 4) is 0 Å². The molecule has 0 amide bonds. The summed E-state index contributed by atoms with van der Waals surface area (Å²) in [5, 5.41) is 0. The van der Waals surface area contributed by atoms with Gasteiger partial charge in [0.2, 0.25) is 0 Å². The average Bonchev–Trinajstić information content (AvgIpc) is 2.62. The molecule has 0 radical (unpaired) electrons. The normalized spacial score (nSPS) is 27.2. The first kappa shape index (κ1) is 24.8. The Labute approximate surface area is 183 Å². The van der Waals surface area contributed by atoms with E-state index in [1.807, 2.05) is 0 Å². The van der Waals surface area contributed by atoms with Gasteiger partial charge in [0.25, 0.3) is 0 Å². The summed E-state index contributed by atoms with van der Waals surface area (Å²) in [6, 6.07) is 4.39. The summed E-state index contributed by atoms with van der Waals surface area (Å²) < 4.78 is 116. The van der Waals surface area contributed by atoms with Crippen molar-refractivity contribution in [1.29, 1.82) is 0 Å². The molecule has 5 nitrogen and oxygen atoms in total. The monoisotopic (exact) mass is 499 g/mol. The van der Waals surface area contributed by atoms with Crippen LogP contribution in [0.25, 0.3) is 0 Å². The molecule has 0 aliphatic heterocycles. The summed E-state index contributed by atoms with van der Waals surface area (Å²) in [4.78, 5) is -0.130. The highest BCUT2D eigenvalue weighted by Crippen LogP contribution is 2.49. The number of aryl methyl sites for hydroxylation is 1. The van der Waals surface area contributed by atoms with Gasteiger partial charge in [-0.3, -0.25) is 0 Å². The number of nitrogens with one attached hydrogen (secondary N) is 1. The largest absolute Gasteiger partial charge is 0.511 e. The Hall–Kier alpha value is -1.79. The number of benzene rings is 1. The summed E-state index contributed by atoms with van der Waals surface area (Å²) in [6.45, 7) is 3.17. The van der Waals surface area contributed by atoms with Gasteiger partial charge >= 0.3 is 15.5 Å². The quantitative estimate of drug-likeness (QED) is 0.580. The lowest BCUT2D eigenvalue weighted by molar-refractivity contribution is -0.0455. The summed E-state index contributed by atoms with van der Waals surface area (Å²) in [5.74, 6) is -2.14. The first-order valence-electron chi connectivity index (χ1n) is 9.72. The molecule has 32 heavy (non-hydrogen) atoms. The van der Waals surface area contributed by atoms with Gasteiger partial charge in [-0.1, -0.05) is 24.6 Å². The number of alkyl halides is 3. The van der Waals surface area contributed by atoms with Crippen LogP contribution in [0.5, 0.6) is 0 Å². The van der Waals surface area contributed by atoms with Crippen LogP contribution in [0.1, 0.15) is 38.2 Å². The lowest BCUT2D eigenvalue weighted by Gasteiger charge is -2.47. The molecule has 0 heterocycles. The zero-order valence-electron chi connectivity index (χ0n) is 17.2. The Morgan fingerprint density at radius 2 is 1.62 bits per heavy atom. The van der Waals surface area contributed by atoms with Gasteiger partial charge in [0, 0.05) is 18.4 Å². The summed E-state index contributed by atoms with van der Waals surface area (Å²) >= 11 is 0. The van der Waals surface area contributed by atoms with Crippen molar-refractivity contribution in [2.24, 2.45) is 5.92 Å². The molecule has 0 saturated heterocycles. The molecular weight excluding hydrogens is 477 g/mol. The highest BCUT2D eigenvalue weighted by Gasteiger charge is 2.58. The van der Waals surface area contributed by atoms with Gasteiger partial charge in [-0.05, 0) is 50.0 Å². The van der Waals surface area contributed by atoms with Crippen LogP contribution in [0.15, 0.2) is 52.5 Å². The molecule has 2 aliphatic rings. The fourth-order valence-electron chi connectivity index (χ4n) is 4.13. The number of hydrogen-bond acceptors (Lipinski definition) is 4. The van der Waals surface area contributed by atoms with Crippen molar-refractivity contribution < 1.29 is 38.8 Å². The molecule has 3 rings (SSSR count). The van der Waals surface area contributed by atoms with E-state index in [0.29, 0.717) is 0 Å². The van der Waals surface area contributed by atoms with E-state index in [9.17, 15) is 38.8 Å². The van der Waals surface area contributed by atoms with Gasteiger partial charge in [0.1, 0.15) is 11.7 Å². The van der Waals surface area contributed by atoms with Crippen LogP contribution in [0, 0.1) is 12.8 Å². The van der Waals surface area contributed by atoms with Gasteiger partial charge in [0.05, 0.1) is 9.64 Å². The molecule has 1 aromatic carbocycles. The number of sulfonamides is 1. The van der Waals surface area contributed by atoms with Crippen molar-refractivity contribution in [3.05, 3.63) is 53.1 Å². The molecule has 12 heteroatoms. The molecule has 1 fully saturated rings. The fourth-order valence-corrected chi connectivity index (χ4v) is 7.05. The third-order valence-electron chi connectivity index (χ3n) is 5.85. The third kappa shape index (κ3) is 4.49. The Morgan fingerprint density at radius 1 is 1.06 bits per heavy atom. The molecule has 1 atom stereocenters. The minimum atomic E-state index is -5.69. The Morgan fingerprint density at radius 3 is 2.16 bits per heavy atom. The van der Waals surface area contributed by atoms with Crippen molar-refractivity contribution in [2.45, 2.75) is 60.7 Å². The molecule has 0 bridgehead atoms. The zero-order valence-corrected chi connectivity index (χ0v) is 18.8. The lowest BCUT2D eigenvalue weighted by atomic mass is 9.74. The maximum Gasteiger partial charge on any atom is 0.511 e. The molecule has 0 spiro atoms. The highest BCUT2D eigenvalue weighted by atomic mass is 32.2. The SMILES string of the molecule is Cc1ccc(S(=O)(=O)C2(CC3=C(F)C(C)CC(F)=C3)CC(NS(=O)(=O)C(F)(F)F)C2)cc1. The number of allylic oxidation sites excluding steroid dienone is 4. The topological polar surface area (TPSA) is 80.3 Å². The predicted molar refractivity (Wildman–Crippen MR) is 108 cm³/mol. The molecule has 2 aliphatic carbocycles. The molecule has 1 saturated carbocycles. The molecule has 178 valence electrons. The number of hydrogen-bond donors (Lipinski definition) is 1. The van der Waals surface area contributed by atoms with Gasteiger partial charge in [-0.15, -0.1) is 0 Å². The second kappa shape index (κ2) is 8.21. The van der Waals surface area contributed by atoms with Crippen LogP contribution in [0.3, 0.4) is 0 Å². The summed E-state index contributed by atoms with van der Waals surface area (Å²) in [6.07, 6.45) is -0.786. The fraction of sp³-hybridized carbons (Fsp3) is 0.500. The molecule has 1 N–H and O–H groups in total.